The molecule has 1 aliphatic rings. The van der Waals surface area contributed by atoms with Gasteiger partial charge in [0, 0.05) is 18.0 Å². The Kier molecular flexibility index (Phi) is 6.59. The molecule has 1 atom stereocenters. The second-order valence-electron chi connectivity index (χ2n) is 6.43. The van der Waals surface area contributed by atoms with E-state index in [4.69, 9.17) is 4.74 Å². The molecule has 3 N–H and O–H groups in total. The largest absolute Gasteiger partial charge is 0.504 e. The minimum Gasteiger partial charge on any atom is -0.504 e. The number of carbonyl (C=O) groups is 2. The van der Waals surface area contributed by atoms with Gasteiger partial charge in [-0.3, -0.25) is 9.59 Å². The number of ether oxygens (including phenoxy) is 1. The Bertz CT molecular complexity index is 1050. The summed E-state index contributed by atoms with van der Waals surface area (Å²) in [6.07, 6.45) is 0.0582. The summed E-state index contributed by atoms with van der Waals surface area (Å²) in [5, 5.41) is 25.1. The Morgan fingerprint density at radius 1 is 1.37 bits per heavy atom. The number of phenolic OH excluding ortho intramolecular Hbond substituents is 1. The first-order valence-corrected chi connectivity index (χ1v) is 9.89. The Labute approximate surface area is 176 Å². The molecule has 0 saturated heterocycles. The van der Waals surface area contributed by atoms with Gasteiger partial charge in [-0.2, -0.15) is 5.26 Å². The predicted octanol–water partition coefficient (Wildman–Crippen LogP) is 3.25. The quantitative estimate of drug-likeness (QED) is 0.653. The van der Waals surface area contributed by atoms with Crippen LogP contribution in [0.5, 0.6) is 11.5 Å². The number of nitriles is 1. The van der Waals surface area contributed by atoms with Gasteiger partial charge in [-0.15, -0.1) is 0 Å². The second-order valence-corrected chi connectivity index (χ2v) is 7.42. The molecule has 7 nitrogen and oxygen atoms in total. The topological polar surface area (TPSA) is 111 Å². The van der Waals surface area contributed by atoms with E-state index in [0.29, 0.717) is 21.9 Å². The number of thioether (sulfide) groups is 1. The number of nitrogens with zero attached hydrogens (tertiary/aromatic N) is 1. The second kappa shape index (κ2) is 9.33. The number of anilines is 1. The van der Waals surface area contributed by atoms with Gasteiger partial charge in [0.15, 0.2) is 11.5 Å². The summed E-state index contributed by atoms with van der Waals surface area (Å²) in [5.74, 6) is -1.44. The maximum absolute atomic E-state index is 13.0. The Hall–Kier alpha value is -3.51. The van der Waals surface area contributed by atoms with E-state index >= 15 is 0 Å². The highest BCUT2D eigenvalue weighted by molar-refractivity contribution is 8.03. The van der Waals surface area contributed by atoms with E-state index in [1.807, 2.05) is 0 Å². The maximum atomic E-state index is 13.0. The minimum atomic E-state index is -0.527. The van der Waals surface area contributed by atoms with Crippen LogP contribution >= 0.6 is 11.8 Å². The first-order valence-electron chi connectivity index (χ1n) is 8.90. The van der Waals surface area contributed by atoms with Crippen molar-refractivity contribution < 1.29 is 23.8 Å². The fourth-order valence-electron chi connectivity index (χ4n) is 3.00. The van der Waals surface area contributed by atoms with Gasteiger partial charge in [0.05, 0.1) is 29.5 Å². The van der Waals surface area contributed by atoms with Gasteiger partial charge in [-0.1, -0.05) is 17.8 Å². The molecule has 30 heavy (non-hydrogen) atoms. The number of rotatable bonds is 6. The highest BCUT2D eigenvalue weighted by Gasteiger charge is 2.30. The van der Waals surface area contributed by atoms with Crippen LogP contribution in [0.2, 0.25) is 0 Å². The molecule has 0 radical (unpaired) electrons. The lowest BCUT2D eigenvalue weighted by Crippen LogP contribution is -2.31. The zero-order valence-electron chi connectivity index (χ0n) is 15.9. The summed E-state index contributed by atoms with van der Waals surface area (Å²) in [6, 6.07) is 12.1. The van der Waals surface area contributed by atoms with Crippen LogP contribution < -0.4 is 15.4 Å². The number of phenols is 1. The molecule has 154 valence electrons. The molecule has 0 unspecified atom stereocenters. The van der Waals surface area contributed by atoms with Gasteiger partial charge in [0.1, 0.15) is 5.82 Å². The third kappa shape index (κ3) is 4.90. The first kappa shape index (κ1) is 21.2. The molecular formula is C21H18FN3O4S. The Balaban J connectivity index is 1.78. The predicted molar refractivity (Wildman–Crippen MR) is 110 cm³/mol. The van der Waals surface area contributed by atoms with Crippen molar-refractivity contribution in [1.82, 2.24) is 5.32 Å². The standard InChI is InChI=1S/C21H18FN3O4S/c1-29-18-8-12(2-7-17(18)26)15-9-19(27)25-21(16(15)10-23)30-11-20(28)24-14-5-3-13(22)4-6-14/h2-8,15,26H,9,11H2,1H3,(H,24,28)(H,25,27)/t15-/m1/s1. The van der Waals surface area contributed by atoms with Gasteiger partial charge >= 0.3 is 0 Å². The zero-order valence-corrected chi connectivity index (χ0v) is 16.8. The molecule has 2 aromatic carbocycles. The average molecular weight is 427 g/mol. The molecule has 1 aliphatic heterocycles. The molecule has 0 aromatic heterocycles. The summed E-state index contributed by atoms with van der Waals surface area (Å²) < 4.78 is 18.1. The van der Waals surface area contributed by atoms with Crippen molar-refractivity contribution in [3.63, 3.8) is 0 Å². The molecule has 0 aliphatic carbocycles. The lowest BCUT2D eigenvalue weighted by molar-refractivity contribution is -0.121. The van der Waals surface area contributed by atoms with Crippen molar-refractivity contribution in [2.75, 3.05) is 18.2 Å². The molecule has 0 saturated carbocycles. The zero-order chi connectivity index (χ0) is 21.7. The van der Waals surface area contributed by atoms with Crippen LogP contribution in [-0.2, 0) is 9.59 Å². The van der Waals surface area contributed by atoms with Crippen molar-refractivity contribution in [1.29, 1.82) is 5.26 Å². The highest BCUT2D eigenvalue weighted by atomic mass is 32.2. The lowest BCUT2D eigenvalue weighted by Gasteiger charge is -2.25. The van der Waals surface area contributed by atoms with Crippen molar-refractivity contribution in [2.24, 2.45) is 0 Å². The van der Waals surface area contributed by atoms with Crippen LogP contribution in [0.25, 0.3) is 0 Å². The fourth-order valence-corrected chi connectivity index (χ4v) is 3.87. The summed E-state index contributed by atoms with van der Waals surface area (Å²) >= 11 is 1.03. The van der Waals surface area contributed by atoms with Crippen LogP contribution in [0.1, 0.15) is 17.9 Å². The fraction of sp³-hybridized carbons (Fsp3) is 0.190. The van der Waals surface area contributed by atoms with E-state index < -0.39 is 11.7 Å². The SMILES string of the molecule is COc1cc([C@H]2CC(=O)NC(SCC(=O)Nc3ccc(F)cc3)=C2C#N)ccc1O. The minimum absolute atomic E-state index is 0.0453. The number of allylic oxidation sites excluding steroid dienone is 1. The van der Waals surface area contributed by atoms with Gasteiger partial charge in [0.2, 0.25) is 11.8 Å². The monoisotopic (exact) mass is 427 g/mol. The van der Waals surface area contributed by atoms with Crippen molar-refractivity contribution in [3.05, 3.63) is 64.4 Å². The molecule has 2 aromatic rings. The van der Waals surface area contributed by atoms with E-state index in [1.54, 1.807) is 12.1 Å². The Morgan fingerprint density at radius 3 is 2.77 bits per heavy atom. The van der Waals surface area contributed by atoms with E-state index in [-0.39, 0.29) is 35.5 Å². The van der Waals surface area contributed by atoms with Crippen LogP contribution in [0, 0.1) is 17.1 Å². The van der Waals surface area contributed by atoms with Gasteiger partial charge in [0.25, 0.3) is 0 Å². The molecule has 9 heteroatoms. The number of benzene rings is 2. The number of carbonyl (C=O) groups excluding carboxylic acids is 2. The number of amides is 2. The van der Waals surface area contributed by atoms with Gasteiger partial charge < -0.3 is 20.5 Å². The van der Waals surface area contributed by atoms with Crippen molar-refractivity contribution >= 4 is 29.3 Å². The molecular weight excluding hydrogens is 409 g/mol. The number of hydrogen-bond donors (Lipinski definition) is 3. The van der Waals surface area contributed by atoms with Crippen LogP contribution in [0.3, 0.4) is 0 Å². The van der Waals surface area contributed by atoms with Crippen LogP contribution in [-0.4, -0.2) is 29.8 Å². The summed E-state index contributed by atoms with van der Waals surface area (Å²) in [4.78, 5) is 24.4. The van der Waals surface area contributed by atoms with Crippen molar-refractivity contribution in [2.45, 2.75) is 12.3 Å². The summed E-state index contributed by atoms with van der Waals surface area (Å²) in [5.41, 5.74) is 1.41. The molecule has 0 bridgehead atoms. The summed E-state index contributed by atoms with van der Waals surface area (Å²) in [6.45, 7) is 0. The molecule has 2 amide bonds. The Morgan fingerprint density at radius 2 is 2.10 bits per heavy atom. The maximum Gasteiger partial charge on any atom is 0.234 e. The van der Waals surface area contributed by atoms with Crippen molar-refractivity contribution in [3.8, 4) is 17.6 Å². The van der Waals surface area contributed by atoms with Gasteiger partial charge in [-0.05, 0) is 42.0 Å². The normalized spacial score (nSPS) is 15.9. The smallest absolute Gasteiger partial charge is 0.234 e. The average Bonchev–Trinajstić information content (AvgIpc) is 2.74. The van der Waals surface area contributed by atoms with E-state index in [0.717, 1.165) is 11.8 Å². The van der Waals surface area contributed by atoms with E-state index in [9.17, 15) is 24.3 Å². The number of nitrogens with one attached hydrogen (secondary N) is 2. The molecule has 1 heterocycles. The van der Waals surface area contributed by atoms with Crippen LogP contribution in [0.15, 0.2) is 53.1 Å². The number of methoxy groups -OCH3 is 1. The number of aromatic hydroxyl groups is 1. The third-order valence-corrected chi connectivity index (χ3v) is 5.45. The molecule has 3 rings (SSSR count). The van der Waals surface area contributed by atoms with Crippen LogP contribution in [0.4, 0.5) is 10.1 Å². The highest BCUT2D eigenvalue weighted by Crippen LogP contribution is 2.38. The van der Waals surface area contributed by atoms with E-state index in [2.05, 4.69) is 16.7 Å². The number of hydrogen-bond acceptors (Lipinski definition) is 6. The lowest BCUT2D eigenvalue weighted by atomic mass is 9.87. The van der Waals surface area contributed by atoms with E-state index in [1.165, 1.54) is 37.4 Å². The summed E-state index contributed by atoms with van der Waals surface area (Å²) in [7, 11) is 1.41. The molecule has 0 fully saturated rings. The first-order chi connectivity index (χ1) is 14.4. The number of halogens is 1. The molecule has 0 spiro atoms. The van der Waals surface area contributed by atoms with Gasteiger partial charge in [-0.25, -0.2) is 4.39 Å². The third-order valence-electron chi connectivity index (χ3n) is 4.44.